The molecule has 0 spiro atoms. The quantitative estimate of drug-likeness (QED) is 0.909. The highest BCUT2D eigenvalue weighted by atomic mass is 19.1. The lowest BCUT2D eigenvalue weighted by molar-refractivity contribution is 0.0927. The normalized spacial score (nSPS) is 15.4. The lowest BCUT2D eigenvalue weighted by Gasteiger charge is -2.19. The summed E-state index contributed by atoms with van der Waals surface area (Å²) in [4.78, 5) is 12.2. The van der Waals surface area contributed by atoms with E-state index in [1.54, 1.807) is 12.1 Å². The van der Waals surface area contributed by atoms with Crippen LogP contribution in [0.2, 0.25) is 0 Å². The van der Waals surface area contributed by atoms with Crippen LogP contribution >= 0.6 is 0 Å². The molecule has 114 valence electrons. The van der Waals surface area contributed by atoms with Crippen molar-refractivity contribution >= 4 is 5.91 Å². The van der Waals surface area contributed by atoms with E-state index < -0.39 is 17.5 Å². The number of halogens is 3. The minimum absolute atomic E-state index is 0.242. The zero-order valence-corrected chi connectivity index (χ0v) is 11.7. The summed E-state index contributed by atoms with van der Waals surface area (Å²) in [6.45, 7) is 0. The van der Waals surface area contributed by atoms with Gasteiger partial charge in [-0.25, -0.2) is 13.2 Å². The van der Waals surface area contributed by atoms with Gasteiger partial charge in [0.25, 0.3) is 5.91 Å². The second kappa shape index (κ2) is 5.83. The smallest absolute Gasteiger partial charge is 0.254 e. The van der Waals surface area contributed by atoms with Crippen molar-refractivity contribution in [3.63, 3.8) is 0 Å². The molecule has 1 N–H and O–H groups in total. The zero-order valence-electron chi connectivity index (χ0n) is 11.7. The molecule has 0 heterocycles. The molecule has 0 aliphatic heterocycles. The van der Waals surface area contributed by atoms with Crippen molar-refractivity contribution in [3.05, 3.63) is 71.0 Å². The average Bonchev–Trinajstić information content (AvgIpc) is 3.33. The topological polar surface area (TPSA) is 29.1 Å². The second-order valence-electron chi connectivity index (χ2n) is 5.46. The summed E-state index contributed by atoms with van der Waals surface area (Å²) in [6, 6.07) is 8.27. The van der Waals surface area contributed by atoms with Crippen LogP contribution in [0.1, 0.15) is 34.8 Å². The molecule has 1 amide bonds. The van der Waals surface area contributed by atoms with Crippen LogP contribution in [0.15, 0.2) is 42.5 Å². The molecule has 1 saturated carbocycles. The summed E-state index contributed by atoms with van der Waals surface area (Å²) in [6.07, 6.45) is 1.88. The van der Waals surface area contributed by atoms with Crippen molar-refractivity contribution in [2.45, 2.75) is 18.9 Å². The van der Waals surface area contributed by atoms with E-state index in [9.17, 15) is 18.0 Å². The minimum atomic E-state index is -0.771. The van der Waals surface area contributed by atoms with Gasteiger partial charge in [-0.05, 0) is 54.7 Å². The van der Waals surface area contributed by atoms with Crippen molar-refractivity contribution in [1.82, 2.24) is 5.32 Å². The number of hydrogen-bond donors (Lipinski definition) is 1. The molecule has 0 radical (unpaired) electrons. The maximum Gasteiger partial charge on any atom is 0.254 e. The molecule has 22 heavy (non-hydrogen) atoms. The van der Waals surface area contributed by atoms with Gasteiger partial charge < -0.3 is 5.32 Å². The summed E-state index contributed by atoms with van der Waals surface area (Å²) in [5.41, 5.74) is 0.432. The molecule has 1 aliphatic rings. The Morgan fingerprint density at radius 1 is 1.00 bits per heavy atom. The molecule has 2 nitrogen and oxygen atoms in total. The highest BCUT2D eigenvalue weighted by molar-refractivity contribution is 5.94. The standard InChI is InChI=1S/C17H14F3NO/c18-12-5-3-11(4-6-12)16(10-1-2-10)21-17(22)14-9-13(19)7-8-15(14)20/h3-10,16H,1-2H2,(H,21,22). The first-order valence-electron chi connectivity index (χ1n) is 7.06. The fourth-order valence-electron chi connectivity index (χ4n) is 2.46. The molecule has 1 unspecified atom stereocenters. The number of hydrogen-bond acceptors (Lipinski definition) is 1. The van der Waals surface area contributed by atoms with Crippen molar-refractivity contribution < 1.29 is 18.0 Å². The number of nitrogens with one attached hydrogen (secondary N) is 1. The Morgan fingerprint density at radius 3 is 2.27 bits per heavy atom. The van der Waals surface area contributed by atoms with Gasteiger partial charge in [0.05, 0.1) is 11.6 Å². The maximum absolute atomic E-state index is 13.7. The van der Waals surface area contributed by atoms with Crippen LogP contribution in [0.3, 0.4) is 0 Å². The molecule has 1 atom stereocenters. The van der Waals surface area contributed by atoms with Crippen LogP contribution in [-0.2, 0) is 0 Å². The molecule has 2 aromatic carbocycles. The lowest BCUT2D eigenvalue weighted by Crippen LogP contribution is -2.30. The predicted octanol–water partition coefficient (Wildman–Crippen LogP) is 3.99. The van der Waals surface area contributed by atoms with Gasteiger partial charge >= 0.3 is 0 Å². The van der Waals surface area contributed by atoms with Gasteiger partial charge in [0.15, 0.2) is 0 Å². The number of carbonyl (C=O) groups is 1. The van der Waals surface area contributed by atoms with E-state index in [0.29, 0.717) is 0 Å². The van der Waals surface area contributed by atoms with E-state index in [0.717, 1.165) is 36.6 Å². The van der Waals surface area contributed by atoms with Crippen molar-refractivity contribution in [2.75, 3.05) is 0 Å². The molecular formula is C17H14F3NO. The molecular weight excluding hydrogens is 291 g/mol. The largest absolute Gasteiger partial charge is 0.345 e. The maximum atomic E-state index is 13.7. The van der Waals surface area contributed by atoms with Gasteiger partial charge in [0, 0.05) is 0 Å². The Labute approximate surface area is 126 Å². The third-order valence-electron chi connectivity index (χ3n) is 3.78. The summed E-state index contributed by atoms with van der Waals surface area (Å²) >= 11 is 0. The first-order valence-corrected chi connectivity index (χ1v) is 7.06. The summed E-state index contributed by atoms with van der Waals surface area (Å²) in [5, 5.41) is 2.73. The average molecular weight is 305 g/mol. The Kier molecular flexibility index (Phi) is 3.88. The number of benzene rings is 2. The Hall–Kier alpha value is -2.30. The lowest BCUT2D eigenvalue weighted by atomic mass is 10.0. The Balaban J connectivity index is 1.83. The number of carbonyl (C=O) groups excluding carboxylic acids is 1. The molecule has 0 bridgehead atoms. The van der Waals surface area contributed by atoms with E-state index in [4.69, 9.17) is 0 Å². The van der Waals surface area contributed by atoms with E-state index in [2.05, 4.69) is 5.32 Å². The van der Waals surface area contributed by atoms with Crippen LogP contribution in [0.5, 0.6) is 0 Å². The highest BCUT2D eigenvalue weighted by Gasteiger charge is 2.34. The van der Waals surface area contributed by atoms with Gasteiger partial charge in [0.2, 0.25) is 0 Å². The van der Waals surface area contributed by atoms with E-state index in [-0.39, 0.29) is 23.3 Å². The number of rotatable bonds is 4. The number of amides is 1. The van der Waals surface area contributed by atoms with Gasteiger partial charge in [-0.1, -0.05) is 12.1 Å². The van der Waals surface area contributed by atoms with Gasteiger partial charge in [-0.2, -0.15) is 0 Å². The van der Waals surface area contributed by atoms with E-state index >= 15 is 0 Å². The van der Waals surface area contributed by atoms with E-state index in [1.807, 2.05) is 0 Å². The summed E-state index contributed by atoms with van der Waals surface area (Å²) in [7, 11) is 0. The first-order chi connectivity index (χ1) is 10.5. The van der Waals surface area contributed by atoms with Gasteiger partial charge in [-0.3, -0.25) is 4.79 Å². The van der Waals surface area contributed by atoms with Crippen LogP contribution in [-0.4, -0.2) is 5.91 Å². The monoisotopic (exact) mass is 305 g/mol. The third-order valence-corrected chi connectivity index (χ3v) is 3.78. The molecule has 5 heteroatoms. The van der Waals surface area contributed by atoms with Crippen LogP contribution in [0, 0.1) is 23.4 Å². The first kappa shape index (κ1) is 14.6. The van der Waals surface area contributed by atoms with Crippen LogP contribution < -0.4 is 5.32 Å². The zero-order chi connectivity index (χ0) is 15.7. The fourth-order valence-corrected chi connectivity index (χ4v) is 2.46. The Morgan fingerprint density at radius 2 is 1.64 bits per heavy atom. The summed E-state index contributed by atoms with van der Waals surface area (Å²) in [5.74, 6) is -2.23. The van der Waals surface area contributed by atoms with Crippen molar-refractivity contribution in [1.29, 1.82) is 0 Å². The second-order valence-corrected chi connectivity index (χ2v) is 5.46. The SMILES string of the molecule is O=C(NC(c1ccc(F)cc1)C1CC1)c1cc(F)ccc1F. The molecule has 0 saturated heterocycles. The Bertz CT molecular complexity index is 696. The minimum Gasteiger partial charge on any atom is -0.345 e. The van der Waals surface area contributed by atoms with Crippen LogP contribution in [0.25, 0.3) is 0 Å². The fraction of sp³-hybridized carbons (Fsp3) is 0.235. The molecule has 3 rings (SSSR count). The molecule has 1 fully saturated rings. The van der Waals surface area contributed by atoms with Crippen molar-refractivity contribution in [2.24, 2.45) is 5.92 Å². The van der Waals surface area contributed by atoms with Gasteiger partial charge in [-0.15, -0.1) is 0 Å². The van der Waals surface area contributed by atoms with Gasteiger partial charge in [0.1, 0.15) is 17.5 Å². The van der Waals surface area contributed by atoms with Crippen LogP contribution in [0.4, 0.5) is 13.2 Å². The summed E-state index contributed by atoms with van der Waals surface area (Å²) < 4.78 is 39.9. The molecule has 1 aliphatic carbocycles. The van der Waals surface area contributed by atoms with E-state index in [1.165, 1.54) is 12.1 Å². The molecule has 2 aromatic rings. The highest BCUT2D eigenvalue weighted by Crippen LogP contribution is 2.41. The van der Waals surface area contributed by atoms with Crippen molar-refractivity contribution in [3.8, 4) is 0 Å². The third kappa shape index (κ3) is 3.13. The predicted molar refractivity (Wildman–Crippen MR) is 75.7 cm³/mol. The molecule has 0 aromatic heterocycles.